The predicted molar refractivity (Wildman–Crippen MR) is 51.2 cm³/mol. The second kappa shape index (κ2) is 6.25. The van der Waals surface area contributed by atoms with Crippen molar-refractivity contribution in [1.29, 1.82) is 0 Å². The fourth-order valence-electron chi connectivity index (χ4n) is 0.844. The summed E-state index contributed by atoms with van der Waals surface area (Å²) in [4.78, 5) is 14.1. The van der Waals surface area contributed by atoms with Crippen molar-refractivity contribution < 1.29 is 9.90 Å². The molecule has 0 saturated carbocycles. The van der Waals surface area contributed by atoms with E-state index in [0.29, 0.717) is 13.0 Å². The van der Waals surface area contributed by atoms with Gasteiger partial charge in [-0.1, -0.05) is 6.07 Å². The van der Waals surface area contributed by atoms with Crippen molar-refractivity contribution >= 4 is 18.5 Å². The van der Waals surface area contributed by atoms with Gasteiger partial charge in [-0.15, -0.1) is 12.4 Å². The summed E-state index contributed by atoms with van der Waals surface area (Å²) in [6.07, 6.45) is 1.33. The first-order valence-electron chi connectivity index (χ1n) is 3.66. The number of amides is 1. The van der Waals surface area contributed by atoms with Gasteiger partial charge in [0.2, 0.25) is 0 Å². The highest BCUT2D eigenvalue weighted by Gasteiger charge is 1.94. The Morgan fingerprint density at radius 1 is 1.54 bits per heavy atom. The summed E-state index contributed by atoms with van der Waals surface area (Å²) in [5, 5.41) is 10.5. The lowest BCUT2D eigenvalue weighted by Gasteiger charge is -1.99. The molecule has 72 valence electrons. The Hall–Kier alpha value is -1.29. The maximum Gasteiger partial charge on any atom is 0.404 e. The number of carboxylic acid groups (broad SMARTS) is 1. The maximum atomic E-state index is 10.1. The maximum absolute atomic E-state index is 10.1. The minimum Gasteiger partial charge on any atom is -0.465 e. The third kappa shape index (κ3) is 5.03. The van der Waals surface area contributed by atoms with E-state index >= 15 is 0 Å². The molecule has 0 saturated heterocycles. The average Bonchev–Trinajstić information content (AvgIpc) is 2.05. The smallest absolute Gasteiger partial charge is 0.404 e. The van der Waals surface area contributed by atoms with Crippen LogP contribution >= 0.6 is 12.4 Å². The Bertz CT molecular complexity index is 254. The zero-order valence-electron chi connectivity index (χ0n) is 6.93. The molecule has 4 nitrogen and oxygen atoms in total. The fraction of sp³-hybridized carbons (Fsp3) is 0.250. The molecule has 0 bridgehead atoms. The summed E-state index contributed by atoms with van der Waals surface area (Å²) >= 11 is 0. The van der Waals surface area contributed by atoms with E-state index in [-0.39, 0.29) is 12.4 Å². The van der Waals surface area contributed by atoms with Crippen LogP contribution in [-0.2, 0) is 6.42 Å². The number of carbonyl (C=O) groups is 1. The molecule has 0 radical (unpaired) electrons. The SMILES string of the molecule is Cl.O=C(O)NCCc1ccccn1. The van der Waals surface area contributed by atoms with Crippen molar-refractivity contribution in [2.45, 2.75) is 6.42 Å². The molecule has 0 aliphatic heterocycles. The summed E-state index contributed by atoms with van der Waals surface area (Å²) in [7, 11) is 0. The summed E-state index contributed by atoms with van der Waals surface area (Å²) in [6, 6.07) is 5.57. The second-order valence-electron chi connectivity index (χ2n) is 2.30. The van der Waals surface area contributed by atoms with Gasteiger partial charge >= 0.3 is 6.09 Å². The fourth-order valence-corrected chi connectivity index (χ4v) is 0.844. The van der Waals surface area contributed by atoms with Crippen LogP contribution in [0.3, 0.4) is 0 Å². The molecule has 1 heterocycles. The summed E-state index contributed by atoms with van der Waals surface area (Å²) in [5.41, 5.74) is 0.895. The molecule has 2 N–H and O–H groups in total. The van der Waals surface area contributed by atoms with Gasteiger partial charge in [-0.2, -0.15) is 0 Å². The highest BCUT2D eigenvalue weighted by atomic mass is 35.5. The van der Waals surface area contributed by atoms with Crippen LogP contribution in [0.4, 0.5) is 4.79 Å². The van der Waals surface area contributed by atoms with Crippen LogP contribution in [0, 0.1) is 0 Å². The van der Waals surface area contributed by atoms with E-state index in [1.54, 1.807) is 6.20 Å². The first kappa shape index (κ1) is 11.7. The van der Waals surface area contributed by atoms with Crippen LogP contribution in [0.15, 0.2) is 24.4 Å². The molecule has 0 unspecified atom stereocenters. The number of nitrogens with zero attached hydrogens (tertiary/aromatic N) is 1. The van der Waals surface area contributed by atoms with Gasteiger partial charge in [0, 0.05) is 24.9 Å². The van der Waals surface area contributed by atoms with E-state index < -0.39 is 6.09 Å². The minimum atomic E-state index is -0.995. The largest absolute Gasteiger partial charge is 0.465 e. The van der Waals surface area contributed by atoms with Gasteiger partial charge in [-0.05, 0) is 12.1 Å². The lowest BCUT2D eigenvalue weighted by Crippen LogP contribution is -2.23. The zero-order chi connectivity index (χ0) is 8.81. The molecule has 5 heteroatoms. The van der Waals surface area contributed by atoms with E-state index in [9.17, 15) is 4.79 Å². The molecule has 1 aromatic heterocycles. The van der Waals surface area contributed by atoms with Crippen molar-refractivity contribution in [2.24, 2.45) is 0 Å². The number of hydrogen-bond acceptors (Lipinski definition) is 2. The molecule has 0 aliphatic rings. The molecule has 0 fully saturated rings. The first-order valence-corrected chi connectivity index (χ1v) is 3.66. The Morgan fingerprint density at radius 2 is 2.31 bits per heavy atom. The Balaban J connectivity index is 0.00000144. The molecule has 0 atom stereocenters. The van der Waals surface area contributed by atoms with Crippen molar-refractivity contribution in [2.75, 3.05) is 6.54 Å². The normalized spacial score (nSPS) is 8.62. The number of aromatic nitrogens is 1. The van der Waals surface area contributed by atoms with Crippen LogP contribution in [0.5, 0.6) is 0 Å². The van der Waals surface area contributed by atoms with Gasteiger partial charge in [0.1, 0.15) is 0 Å². The first-order chi connectivity index (χ1) is 5.79. The van der Waals surface area contributed by atoms with Crippen molar-refractivity contribution in [3.05, 3.63) is 30.1 Å². The van der Waals surface area contributed by atoms with E-state index in [0.717, 1.165) is 5.69 Å². The Morgan fingerprint density at radius 3 is 2.85 bits per heavy atom. The molecular formula is C8H11ClN2O2. The number of halogens is 1. The van der Waals surface area contributed by atoms with Gasteiger partial charge in [0.15, 0.2) is 0 Å². The van der Waals surface area contributed by atoms with Crippen LogP contribution in [-0.4, -0.2) is 22.7 Å². The van der Waals surface area contributed by atoms with E-state index in [1.165, 1.54) is 0 Å². The van der Waals surface area contributed by atoms with E-state index in [2.05, 4.69) is 10.3 Å². The second-order valence-corrected chi connectivity index (χ2v) is 2.30. The molecular weight excluding hydrogens is 192 g/mol. The van der Waals surface area contributed by atoms with Crippen LogP contribution in [0.2, 0.25) is 0 Å². The molecule has 0 aliphatic carbocycles. The third-order valence-corrected chi connectivity index (χ3v) is 1.38. The van der Waals surface area contributed by atoms with Crippen molar-refractivity contribution in [3.8, 4) is 0 Å². The van der Waals surface area contributed by atoms with E-state index in [1.807, 2.05) is 18.2 Å². The van der Waals surface area contributed by atoms with Gasteiger partial charge in [-0.25, -0.2) is 4.79 Å². The van der Waals surface area contributed by atoms with Gasteiger partial charge < -0.3 is 10.4 Å². The zero-order valence-corrected chi connectivity index (χ0v) is 7.75. The summed E-state index contributed by atoms with van der Waals surface area (Å²) in [6.45, 7) is 0.409. The minimum absolute atomic E-state index is 0. The van der Waals surface area contributed by atoms with Gasteiger partial charge in [-0.3, -0.25) is 4.98 Å². The van der Waals surface area contributed by atoms with Crippen LogP contribution < -0.4 is 5.32 Å². The molecule has 1 aromatic rings. The highest BCUT2D eigenvalue weighted by molar-refractivity contribution is 5.85. The molecule has 0 spiro atoms. The monoisotopic (exact) mass is 202 g/mol. The quantitative estimate of drug-likeness (QED) is 0.777. The number of pyridine rings is 1. The van der Waals surface area contributed by atoms with Crippen molar-refractivity contribution in [3.63, 3.8) is 0 Å². The number of nitrogens with one attached hydrogen (secondary N) is 1. The predicted octanol–water partition coefficient (Wildman–Crippen LogP) is 1.31. The van der Waals surface area contributed by atoms with Crippen LogP contribution in [0.25, 0.3) is 0 Å². The number of rotatable bonds is 3. The Labute approximate surface area is 82.4 Å². The third-order valence-electron chi connectivity index (χ3n) is 1.38. The topological polar surface area (TPSA) is 62.2 Å². The molecule has 1 rings (SSSR count). The van der Waals surface area contributed by atoms with Gasteiger partial charge in [0.05, 0.1) is 0 Å². The lowest BCUT2D eigenvalue weighted by molar-refractivity contribution is 0.194. The average molecular weight is 203 g/mol. The molecule has 0 aromatic carbocycles. The standard InChI is InChI=1S/C8H10N2O2.ClH/c11-8(12)10-6-4-7-3-1-2-5-9-7;/h1-3,5,10H,4,6H2,(H,11,12);1H. The molecule has 13 heavy (non-hydrogen) atoms. The number of hydrogen-bond donors (Lipinski definition) is 2. The highest BCUT2D eigenvalue weighted by Crippen LogP contribution is 1.92. The van der Waals surface area contributed by atoms with Crippen molar-refractivity contribution in [1.82, 2.24) is 10.3 Å². The Kier molecular flexibility index (Phi) is 5.63. The summed E-state index contributed by atoms with van der Waals surface area (Å²) < 4.78 is 0. The van der Waals surface area contributed by atoms with Gasteiger partial charge in [0.25, 0.3) is 0 Å². The van der Waals surface area contributed by atoms with Crippen LogP contribution in [0.1, 0.15) is 5.69 Å². The van der Waals surface area contributed by atoms with E-state index in [4.69, 9.17) is 5.11 Å². The molecule has 1 amide bonds. The lowest BCUT2D eigenvalue weighted by atomic mass is 10.3. The summed E-state index contributed by atoms with van der Waals surface area (Å²) in [5.74, 6) is 0.